The molecule has 6 heterocycles. The average Bonchev–Trinajstić information content (AvgIpc) is 3.77. The smallest absolute Gasteiger partial charge is 0.311 e. The van der Waals surface area contributed by atoms with Crippen LogP contribution in [-0.4, -0.2) is 43.9 Å². The van der Waals surface area contributed by atoms with E-state index >= 15 is 0 Å². The van der Waals surface area contributed by atoms with Gasteiger partial charge in [0.15, 0.2) is 0 Å². The van der Waals surface area contributed by atoms with Gasteiger partial charge in [0.25, 0.3) is 11.1 Å². The van der Waals surface area contributed by atoms with E-state index < -0.39 is 10.8 Å². The summed E-state index contributed by atoms with van der Waals surface area (Å²) in [5.74, 6) is -0.507. The maximum absolute atomic E-state index is 14.1. The Morgan fingerprint density at radius 1 is 0.646 bits per heavy atom. The van der Waals surface area contributed by atoms with E-state index in [0.717, 1.165) is 30.2 Å². The molecule has 12 heteroatoms. The lowest BCUT2D eigenvalue weighted by molar-refractivity contribution is -0.153. The summed E-state index contributed by atoms with van der Waals surface area (Å²) in [5.41, 5.74) is 0.956. The standard InChI is InChI=1S/C36H32N4O6S2/c1-35(2,3)33(43)45-13-11-17-15-23-31(47-17)39-27(37-23)19-7-8-20-26-22(10-9-21(25(19)26)29(39)41)30(42)40-28(20)38-24-16-18(48-32(24)40)12-14-46-34(44)36(4,5)6/h7-10,15-16H,11-14H2,1-6H3. The molecule has 0 aliphatic carbocycles. The maximum Gasteiger partial charge on any atom is 0.311 e. The largest absolute Gasteiger partial charge is 0.465 e. The first-order valence-corrected chi connectivity index (χ1v) is 17.4. The van der Waals surface area contributed by atoms with Crippen LogP contribution in [0, 0.1) is 10.8 Å². The zero-order chi connectivity index (χ0) is 33.9. The van der Waals surface area contributed by atoms with E-state index in [1.165, 1.54) is 22.7 Å². The first-order chi connectivity index (χ1) is 22.7. The van der Waals surface area contributed by atoms with Gasteiger partial charge < -0.3 is 9.47 Å². The van der Waals surface area contributed by atoms with Crippen molar-refractivity contribution in [2.45, 2.75) is 54.4 Å². The van der Waals surface area contributed by atoms with Crippen LogP contribution in [0.5, 0.6) is 0 Å². The number of thiophene rings is 2. The number of fused-ring (bicyclic) bond motifs is 8. The highest BCUT2D eigenvalue weighted by Crippen LogP contribution is 2.38. The second-order valence-corrected chi connectivity index (χ2v) is 16.5. The first-order valence-electron chi connectivity index (χ1n) is 15.8. The Labute approximate surface area is 281 Å². The fourth-order valence-electron chi connectivity index (χ4n) is 6.21. The first kappa shape index (κ1) is 30.6. The Kier molecular flexibility index (Phi) is 6.64. The second-order valence-electron chi connectivity index (χ2n) is 14.3. The van der Waals surface area contributed by atoms with Gasteiger partial charge >= 0.3 is 11.9 Å². The number of pyridine rings is 2. The number of carbonyl (C=O) groups is 2. The number of benzene rings is 2. The number of hydrogen-bond acceptors (Lipinski definition) is 10. The number of aromatic nitrogens is 4. The molecule has 8 aromatic rings. The summed E-state index contributed by atoms with van der Waals surface area (Å²) in [7, 11) is 0. The predicted molar refractivity (Wildman–Crippen MR) is 190 cm³/mol. The summed E-state index contributed by atoms with van der Waals surface area (Å²) in [6.07, 6.45) is 1.06. The van der Waals surface area contributed by atoms with E-state index in [0.29, 0.717) is 56.7 Å². The number of esters is 2. The van der Waals surface area contributed by atoms with E-state index in [-0.39, 0.29) is 36.3 Å². The predicted octanol–water partition coefficient (Wildman–Crippen LogP) is 6.73. The van der Waals surface area contributed by atoms with Gasteiger partial charge in [-0.1, -0.05) is 0 Å². The van der Waals surface area contributed by atoms with Crippen molar-refractivity contribution in [1.82, 2.24) is 18.8 Å². The lowest BCUT2D eigenvalue weighted by Gasteiger charge is -2.16. The number of ether oxygens (including phenoxy) is 2. The van der Waals surface area contributed by atoms with Crippen LogP contribution in [0.2, 0.25) is 0 Å². The number of nitrogens with zero attached hydrogens (tertiary/aromatic N) is 4. The number of hydrogen-bond donors (Lipinski definition) is 0. The summed E-state index contributed by atoms with van der Waals surface area (Å²) in [6.45, 7) is 11.4. The highest BCUT2D eigenvalue weighted by atomic mass is 32.1. The van der Waals surface area contributed by atoms with Crippen LogP contribution < -0.4 is 11.1 Å². The molecule has 0 N–H and O–H groups in total. The normalized spacial score (nSPS) is 13.0. The summed E-state index contributed by atoms with van der Waals surface area (Å²) in [6, 6.07) is 11.3. The van der Waals surface area contributed by atoms with E-state index in [9.17, 15) is 19.2 Å². The lowest BCUT2D eigenvalue weighted by Crippen LogP contribution is -2.23. The minimum Gasteiger partial charge on any atom is -0.465 e. The van der Waals surface area contributed by atoms with Gasteiger partial charge in [0.2, 0.25) is 0 Å². The monoisotopic (exact) mass is 680 g/mol. The lowest BCUT2D eigenvalue weighted by atomic mass is 9.96. The molecular formula is C36H32N4O6S2. The van der Waals surface area contributed by atoms with Crippen molar-refractivity contribution in [3.05, 3.63) is 66.9 Å². The highest BCUT2D eigenvalue weighted by molar-refractivity contribution is 7.19. The fraction of sp³-hybridized carbons (Fsp3) is 0.333. The third kappa shape index (κ3) is 4.56. The molecule has 10 nitrogen and oxygen atoms in total. The van der Waals surface area contributed by atoms with Gasteiger partial charge in [0.1, 0.15) is 32.0 Å². The molecule has 0 saturated heterocycles. The summed E-state index contributed by atoms with van der Waals surface area (Å²) < 4.78 is 14.2. The topological polar surface area (TPSA) is 121 Å². The molecule has 0 unspecified atom stereocenters. The Morgan fingerprint density at radius 2 is 1.02 bits per heavy atom. The molecule has 2 aromatic carbocycles. The number of rotatable bonds is 6. The Bertz CT molecular complexity index is 2550. The number of imidazole rings is 2. The second kappa shape index (κ2) is 10.4. The zero-order valence-corrected chi connectivity index (χ0v) is 29.0. The SMILES string of the molecule is CC(C)(C)C(=O)OCCc1cc2nc3c4ccc5c6c(ccc(c(=O)n3c2s1)c46)c(=O)n1c5nc2cc(CCOC(=O)C(C)(C)C)sc21. The van der Waals surface area contributed by atoms with Gasteiger partial charge in [-0.25, -0.2) is 18.8 Å². The van der Waals surface area contributed by atoms with Crippen molar-refractivity contribution in [3.63, 3.8) is 0 Å². The van der Waals surface area contributed by atoms with Crippen LogP contribution in [-0.2, 0) is 31.9 Å². The van der Waals surface area contributed by atoms with Gasteiger partial charge in [-0.15, -0.1) is 22.7 Å². The molecule has 0 aliphatic heterocycles. The molecule has 0 atom stereocenters. The van der Waals surface area contributed by atoms with Crippen molar-refractivity contribution in [1.29, 1.82) is 0 Å². The van der Waals surface area contributed by atoms with Crippen molar-refractivity contribution in [3.8, 4) is 0 Å². The molecule has 8 rings (SSSR count). The summed E-state index contributed by atoms with van der Waals surface area (Å²) in [5, 5.41) is 4.01. The van der Waals surface area contributed by atoms with Crippen LogP contribution in [0.15, 0.2) is 46.0 Å². The molecule has 0 amide bonds. The molecule has 0 aliphatic rings. The Morgan fingerprint density at radius 3 is 1.40 bits per heavy atom. The molecule has 244 valence electrons. The molecule has 48 heavy (non-hydrogen) atoms. The van der Waals surface area contributed by atoms with Gasteiger partial charge in [-0.2, -0.15) is 0 Å². The third-order valence-corrected chi connectivity index (χ3v) is 11.0. The molecule has 0 bridgehead atoms. The molecule has 6 aromatic heterocycles. The maximum atomic E-state index is 14.1. The third-order valence-electron chi connectivity index (χ3n) is 8.67. The van der Waals surface area contributed by atoms with E-state index in [4.69, 9.17) is 19.4 Å². The number of carbonyl (C=O) groups excluding carboxylic acids is 2. The van der Waals surface area contributed by atoms with Crippen molar-refractivity contribution in [2.75, 3.05) is 13.2 Å². The van der Waals surface area contributed by atoms with Crippen molar-refractivity contribution in [2.24, 2.45) is 10.8 Å². The Balaban J connectivity index is 1.21. The van der Waals surface area contributed by atoms with Crippen LogP contribution in [0.3, 0.4) is 0 Å². The molecule has 0 spiro atoms. The zero-order valence-electron chi connectivity index (χ0n) is 27.3. The van der Waals surface area contributed by atoms with Gasteiger partial charge in [0, 0.05) is 54.9 Å². The fourth-order valence-corrected chi connectivity index (χ4v) is 8.36. The van der Waals surface area contributed by atoms with Crippen LogP contribution >= 0.6 is 22.7 Å². The minimum absolute atomic E-state index is 0.199. The summed E-state index contributed by atoms with van der Waals surface area (Å²) in [4.78, 5) is 65.8. The van der Waals surface area contributed by atoms with Crippen LogP contribution in [0.4, 0.5) is 0 Å². The van der Waals surface area contributed by atoms with Gasteiger partial charge in [0.05, 0.1) is 24.0 Å². The average molecular weight is 681 g/mol. The van der Waals surface area contributed by atoms with E-state index in [1.807, 2.05) is 65.8 Å². The van der Waals surface area contributed by atoms with Crippen molar-refractivity contribution < 1.29 is 19.1 Å². The molecular weight excluding hydrogens is 649 g/mol. The minimum atomic E-state index is -0.570. The van der Waals surface area contributed by atoms with Gasteiger partial charge in [-0.3, -0.25) is 19.2 Å². The van der Waals surface area contributed by atoms with E-state index in [2.05, 4.69) is 0 Å². The van der Waals surface area contributed by atoms with Crippen molar-refractivity contribution >= 4 is 98.9 Å². The highest BCUT2D eigenvalue weighted by Gasteiger charge is 2.26. The quantitative estimate of drug-likeness (QED) is 0.140. The van der Waals surface area contributed by atoms with Crippen LogP contribution in [0.1, 0.15) is 51.3 Å². The summed E-state index contributed by atoms with van der Waals surface area (Å²) >= 11 is 2.94. The van der Waals surface area contributed by atoms with E-state index in [1.54, 1.807) is 20.9 Å². The molecule has 0 saturated carbocycles. The molecule has 0 radical (unpaired) electrons. The van der Waals surface area contributed by atoms with Crippen LogP contribution in [0.25, 0.3) is 64.3 Å². The molecule has 0 fully saturated rings. The van der Waals surface area contributed by atoms with Gasteiger partial charge in [-0.05, 0) is 77.9 Å². The Hall–Kier alpha value is -4.68.